The molecule has 0 saturated carbocycles. The van der Waals surface area contributed by atoms with Crippen molar-refractivity contribution in [3.8, 4) is 0 Å². The van der Waals surface area contributed by atoms with Crippen LogP contribution in [0, 0.1) is 22.0 Å². The summed E-state index contributed by atoms with van der Waals surface area (Å²) in [6, 6.07) is 5.33. The largest absolute Gasteiger partial charge is 0.389 e. The van der Waals surface area contributed by atoms with Crippen molar-refractivity contribution in [1.29, 1.82) is 0 Å². The van der Waals surface area contributed by atoms with Gasteiger partial charge in [0.1, 0.15) is 5.69 Å². The summed E-state index contributed by atoms with van der Waals surface area (Å²) in [5.74, 6) is 1.03. The second-order valence-corrected chi connectivity index (χ2v) is 6.39. The van der Waals surface area contributed by atoms with Gasteiger partial charge in [0.25, 0.3) is 5.69 Å². The van der Waals surface area contributed by atoms with E-state index in [0.29, 0.717) is 23.1 Å². The molecule has 5 nitrogen and oxygen atoms in total. The predicted molar refractivity (Wildman–Crippen MR) is 83.5 cm³/mol. The van der Waals surface area contributed by atoms with Crippen molar-refractivity contribution in [3.63, 3.8) is 0 Å². The normalized spacial score (nSPS) is 27.5. The molecule has 5 heteroatoms. The topological polar surface area (TPSA) is 66.6 Å². The summed E-state index contributed by atoms with van der Waals surface area (Å²) in [7, 11) is 0. The number of aliphatic hydroxyl groups is 1. The number of rotatable bonds is 3. The van der Waals surface area contributed by atoms with Gasteiger partial charge < -0.3 is 10.0 Å². The van der Waals surface area contributed by atoms with E-state index in [1.165, 1.54) is 6.07 Å². The lowest BCUT2D eigenvalue weighted by atomic mass is 9.85. The first kappa shape index (κ1) is 15.8. The minimum Gasteiger partial charge on any atom is -0.389 e. The molecule has 21 heavy (non-hydrogen) atoms. The van der Waals surface area contributed by atoms with Crippen LogP contribution in [0.15, 0.2) is 18.2 Å². The summed E-state index contributed by atoms with van der Waals surface area (Å²) in [6.07, 6.45) is 0.450. The van der Waals surface area contributed by atoms with Gasteiger partial charge in [-0.2, -0.15) is 0 Å². The fraction of sp³-hybridized carbons (Fsp3) is 0.625. The number of anilines is 1. The van der Waals surface area contributed by atoms with E-state index in [0.717, 1.165) is 13.0 Å². The van der Waals surface area contributed by atoms with Gasteiger partial charge in [0.15, 0.2) is 0 Å². The molecular formula is C16H24N2O3. The highest BCUT2D eigenvalue weighted by molar-refractivity contribution is 5.65. The first-order valence-electron chi connectivity index (χ1n) is 7.54. The zero-order valence-corrected chi connectivity index (χ0v) is 13.1. The van der Waals surface area contributed by atoms with Gasteiger partial charge in [-0.1, -0.05) is 19.9 Å². The lowest BCUT2D eigenvalue weighted by Gasteiger charge is -2.42. The summed E-state index contributed by atoms with van der Waals surface area (Å²) in [6.45, 7) is 8.96. The van der Waals surface area contributed by atoms with E-state index < -0.39 is 6.10 Å². The van der Waals surface area contributed by atoms with E-state index >= 15 is 0 Å². The third kappa shape index (κ3) is 3.18. The molecule has 0 aromatic heterocycles. The first-order chi connectivity index (χ1) is 9.81. The van der Waals surface area contributed by atoms with Crippen LogP contribution < -0.4 is 4.90 Å². The fourth-order valence-corrected chi connectivity index (χ4v) is 3.22. The standard InChI is InChI=1S/C16H24N2O3/c1-10-7-11(2)12(3)17(9-10)15-6-5-14(13(4)19)8-16(15)18(20)21/h5-6,8,10-13,19H,7,9H2,1-4H3. The van der Waals surface area contributed by atoms with Crippen molar-refractivity contribution in [2.24, 2.45) is 11.8 Å². The Hall–Kier alpha value is -1.62. The first-order valence-corrected chi connectivity index (χ1v) is 7.54. The average Bonchev–Trinajstić information content (AvgIpc) is 2.42. The minimum atomic E-state index is -0.700. The Morgan fingerprint density at radius 3 is 2.62 bits per heavy atom. The smallest absolute Gasteiger partial charge is 0.292 e. The molecule has 0 aliphatic carbocycles. The molecule has 1 aliphatic heterocycles. The maximum Gasteiger partial charge on any atom is 0.292 e. The number of hydrogen-bond acceptors (Lipinski definition) is 4. The Balaban J connectivity index is 2.44. The van der Waals surface area contributed by atoms with E-state index in [-0.39, 0.29) is 16.7 Å². The summed E-state index contributed by atoms with van der Waals surface area (Å²) >= 11 is 0. The van der Waals surface area contributed by atoms with Crippen LogP contribution in [-0.4, -0.2) is 22.6 Å². The van der Waals surface area contributed by atoms with Crippen molar-refractivity contribution in [2.45, 2.75) is 46.3 Å². The highest BCUT2D eigenvalue weighted by Gasteiger charge is 2.32. The second-order valence-electron chi connectivity index (χ2n) is 6.39. The Morgan fingerprint density at radius 1 is 1.38 bits per heavy atom. The van der Waals surface area contributed by atoms with Crippen LogP contribution in [0.4, 0.5) is 11.4 Å². The van der Waals surface area contributed by atoms with Crippen LogP contribution in [0.25, 0.3) is 0 Å². The molecule has 1 N–H and O–H groups in total. The van der Waals surface area contributed by atoms with Gasteiger partial charge in [0.05, 0.1) is 11.0 Å². The number of piperidine rings is 1. The highest BCUT2D eigenvalue weighted by Crippen LogP contribution is 2.37. The molecule has 0 amide bonds. The molecule has 4 unspecified atom stereocenters. The van der Waals surface area contributed by atoms with Crippen LogP contribution >= 0.6 is 0 Å². The number of aliphatic hydroxyl groups excluding tert-OH is 1. The number of nitro groups is 1. The SMILES string of the molecule is CC1CC(C)C(C)N(c2ccc(C(C)O)cc2[N+](=O)[O-])C1. The van der Waals surface area contributed by atoms with Gasteiger partial charge in [-0.05, 0) is 43.7 Å². The number of nitrogens with zero attached hydrogens (tertiary/aromatic N) is 2. The molecule has 0 bridgehead atoms. The molecule has 1 aromatic carbocycles. The molecular weight excluding hydrogens is 268 g/mol. The molecule has 4 atom stereocenters. The zero-order chi connectivity index (χ0) is 15.7. The highest BCUT2D eigenvalue weighted by atomic mass is 16.6. The van der Waals surface area contributed by atoms with Crippen LogP contribution in [0.2, 0.25) is 0 Å². The van der Waals surface area contributed by atoms with Gasteiger partial charge >= 0.3 is 0 Å². The van der Waals surface area contributed by atoms with Crippen molar-refractivity contribution in [1.82, 2.24) is 0 Å². The van der Waals surface area contributed by atoms with E-state index in [2.05, 4.69) is 25.7 Å². The predicted octanol–water partition coefficient (Wildman–Crippen LogP) is 3.52. The fourth-order valence-electron chi connectivity index (χ4n) is 3.22. The molecule has 1 aliphatic rings. The van der Waals surface area contributed by atoms with E-state index in [4.69, 9.17) is 0 Å². The van der Waals surface area contributed by atoms with Gasteiger partial charge in [-0.25, -0.2) is 0 Å². The van der Waals surface area contributed by atoms with Gasteiger partial charge in [0, 0.05) is 18.7 Å². The maximum atomic E-state index is 11.4. The molecule has 1 fully saturated rings. The summed E-state index contributed by atoms with van der Waals surface area (Å²) in [5.41, 5.74) is 1.33. The van der Waals surface area contributed by atoms with Crippen molar-refractivity contribution < 1.29 is 10.0 Å². The van der Waals surface area contributed by atoms with E-state index in [1.807, 2.05) is 0 Å². The molecule has 1 heterocycles. The Morgan fingerprint density at radius 2 is 2.05 bits per heavy atom. The number of nitro benzene ring substituents is 1. The van der Waals surface area contributed by atoms with Crippen LogP contribution in [0.5, 0.6) is 0 Å². The minimum absolute atomic E-state index is 0.0848. The summed E-state index contributed by atoms with van der Waals surface area (Å²) < 4.78 is 0. The third-order valence-corrected chi connectivity index (χ3v) is 4.59. The van der Waals surface area contributed by atoms with Crippen LogP contribution in [-0.2, 0) is 0 Å². The number of hydrogen-bond donors (Lipinski definition) is 1. The lowest BCUT2D eigenvalue weighted by molar-refractivity contribution is -0.384. The molecule has 116 valence electrons. The van der Waals surface area contributed by atoms with Crippen molar-refractivity contribution >= 4 is 11.4 Å². The van der Waals surface area contributed by atoms with Crippen LogP contribution in [0.1, 0.15) is 45.8 Å². The number of benzene rings is 1. The van der Waals surface area contributed by atoms with E-state index in [9.17, 15) is 15.2 Å². The van der Waals surface area contributed by atoms with Crippen molar-refractivity contribution in [2.75, 3.05) is 11.4 Å². The molecule has 0 radical (unpaired) electrons. The zero-order valence-electron chi connectivity index (χ0n) is 13.1. The molecule has 1 aromatic rings. The molecule has 0 spiro atoms. The monoisotopic (exact) mass is 292 g/mol. The Bertz CT molecular complexity index is 530. The van der Waals surface area contributed by atoms with Gasteiger partial charge in [-0.15, -0.1) is 0 Å². The maximum absolute atomic E-state index is 11.4. The van der Waals surface area contributed by atoms with Gasteiger partial charge in [0.2, 0.25) is 0 Å². The summed E-state index contributed by atoms with van der Waals surface area (Å²) in [5, 5.41) is 21.0. The second kappa shape index (κ2) is 6.02. The van der Waals surface area contributed by atoms with E-state index in [1.54, 1.807) is 19.1 Å². The summed E-state index contributed by atoms with van der Waals surface area (Å²) in [4.78, 5) is 13.2. The molecule has 2 rings (SSSR count). The average molecular weight is 292 g/mol. The lowest BCUT2D eigenvalue weighted by Crippen LogP contribution is -2.46. The quantitative estimate of drug-likeness (QED) is 0.683. The third-order valence-electron chi connectivity index (χ3n) is 4.59. The van der Waals surface area contributed by atoms with Crippen molar-refractivity contribution in [3.05, 3.63) is 33.9 Å². The Labute approximate surface area is 125 Å². The van der Waals surface area contributed by atoms with Gasteiger partial charge in [-0.3, -0.25) is 10.1 Å². The Kier molecular flexibility index (Phi) is 4.52. The molecule has 1 saturated heterocycles. The van der Waals surface area contributed by atoms with Crippen LogP contribution in [0.3, 0.4) is 0 Å².